The summed E-state index contributed by atoms with van der Waals surface area (Å²) < 4.78 is 0. The molecule has 2 nitrogen and oxygen atoms in total. The number of benzene rings is 8. The molecular weight excluding hydrogens is 833 g/mol. The third-order valence-electron chi connectivity index (χ3n) is 16.6. The Morgan fingerprint density at radius 2 is 0.928 bits per heavy atom. The van der Waals surface area contributed by atoms with E-state index >= 15 is 0 Å². The van der Waals surface area contributed by atoms with Gasteiger partial charge in [-0.2, -0.15) is 0 Å². The van der Waals surface area contributed by atoms with Crippen molar-refractivity contribution in [1.82, 2.24) is 0 Å². The van der Waals surface area contributed by atoms with Crippen molar-refractivity contribution in [3.63, 3.8) is 0 Å². The van der Waals surface area contributed by atoms with Crippen LogP contribution in [0.15, 0.2) is 212 Å². The van der Waals surface area contributed by atoms with Gasteiger partial charge in [0.2, 0.25) is 0 Å². The molecule has 0 aliphatic heterocycles. The SMILES string of the molecule is CC1(C)c2ccccc2-c2ccc(N(C3=CCCC=C3)C3=CCC(c4c5c(cc6ccccc46)C(C)(C)c4cc(N(c6ccccc6)c6ccc7c(c6)C(C)(C)c6ccccc6-7)ccc4-5)C=C3)cc21. The molecule has 0 saturated carbocycles. The fourth-order valence-electron chi connectivity index (χ4n) is 13.0. The monoisotopic (exact) mass is 890 g/mol. The molecule has 13 rings (SSSR count). The molecule has 1 unspecified atom stereocenters. The number of nitrogens with zero attached hydrogens (tertiary/aromatic N) is 2. The third kappa shape index (κ3) is 6.24. The molecule has 0 bridgehead atoms. The predicted molar refractivity (Wildman–Crippen MR) is 291 cm³/mol. The summed E-state index contributed by atoms with van der Waals surface area (Å²) in [6.07, 6.45) is 17.5. The summed E-state index contributed by atoms with van der Waals surface area (Å²) in [5, 5.41) is 2.66. The predicted octanol–water partition coefficient (Wildman–Crippen LogP) is 17.9. The highest BCUT2D eigenvalue weighted by atomic mass is 15.2. The Balaban J connectivity index is 0.903. The first kappa shape index (κ1) is 41.7. The lowest BCUT2D eigenvalue weighted by molar-refractivity contribution is 0.660. The van der Waals surface area contributed by atoms with Crippen LogP contribution in [0.3, 0.4) is 0 Å². The highest BCUT2D eigenvalue weighted by Crippen LogP contribution is 2.57. The topological polar surface area (TPSA) is 6.48 Å². The molecule has 1 atom stereocenters. The van der Waals surface area contributed by atoms with Crippen molar-refractivity contribution in [1.29, 1.82) is 0 Å². The number of anilines is 4. The summed E-state index contributed by atoms with van der Waals surface area (Å²) in [4.78, 5) is 4.98. The maximum Gasteiger partial charge on any atom is 0.0465 e. The Morgan fingerprint density at radius 1 is 0.406 bits per heavy atom. The molecule has 0 heterocycles. The van der Waals surface area contributed by atoms with E-state index in [1.54, 1.807) is 0 Å². The molecule has 0 N–H and O–H groups in total. The number of fused-ring (bicyclic) bond motifs is 10. The number of para-hydroxylation sites is 1. The normalized spacial score (nSPS) is 18.1. The van der Waals surface area contributed by atoms with E-state index in [9.17, 15) is 0 Å². The van der Waals surface area contributed by atoms with Crippen molar-refractivity contribution < 1.29 is 0 Å². The Labute approximate surface area is 408 Å². The molecule has 5 aliphatic rings. The molecule has 0 aromatic heterocycles. The van der Waals surface area contributed by atoms with Gasteiger partial charge in [0.05, 0.1) is 0 Å². The van der Waals surface area contributed by atoms with E-state index in [1.165, 1.54) is 112 Å². The zero-order valence-corrected chi connectivity index (χ0v) is 40.6. The average Bonchev–Trinajstić information content (AvgIpc) is 3.86. The van der Waals surface area contributed by atoms with Crippen LogP contribution in [0.5, 0.6) is 0 Å². The summed E-state index contributed by atoms with van der Waals surface area (Å²) >= 11 is 0. The van der Waals surface area contributed by atoms with Crippen molar-refractivity contribution in [2.45, 2.75) is 83.0 Å². The van der Waals surface area contributed by atoms with Gasteiger partial charge in [0.25, 0.3) is 0 Å². The first-order valence-corrected chi connectivity index (χ1v) is 25.1. The largest absolute Gasteiger partial charge is 0.311 e. The van der Waals surface area contributed by atoms with Crippen molar-refractivity contribution >= 4 is 33.5 Å². The fourth-order valence-corrected chi connectivity index (χ4v) is 13.0. The molecule has 8 aromatic carbocycles. The second-order valence-electron chi connectivity index (χ2n) is 21.5. The van der Waals surface area contributed by atoms with Gasteiger partial charge in [0.1, 0.15) is 0 Å². The first-order valence-electron chi connectivity index (χ1n) is 25.1. The van der Waals surface area contributed by atoms with Crippen LogP contribution >= 0.6 is 0 Å². The second kappa shape index (κ2) is 15.3. The molecule has 336 valence electrons. The maximum absolute atomic E-state index is 2.51. The summed E-state index contributed by atoms with van der Waals surface area (Å²) in [5.41, 5.74) is 24.8. The molecule has 0 spiro atoms. The number of hydrogen-bond donors (Lipinski definition) is 0. The van der Waals surface area contributed by atoms with E-state index in [0.717, 1.165) is 24.9 Å². The van der Waals surface area contributed by atoms with Crippen LogP contribution in [-0.4, -0.2) is 0 Å². The van der Waals surface area contributed by atoms with Gasteiger partial charge in [-0.05, 0) is 169 Å². The lowest BCUT2D eigenvalue weighted by atomic mass is 9.78. The van der Waals surface area contributed by atoms with Gasteiger partial charge in [-0.15, -0.1) is 0 Å². The van der Waals surface area contributed by atoms with Crippen LogP contribution in [0.25, 0.3) is 44.2 Å². The molecule has 0 fully saturated rings. The first-order chi connectivity index (χ1) is 33.5. The van der Waals surface area contributed by atoms with Crippen LogP contribution in [0, 0.1) is 0 Å². The molecular formula is C67H58N2. The van der Waals surface area contributed by atoms with Gasteiger partial charge in [0.15, 0.2) is 0 Å². The summed E-state index contributed by atoms with van der Waals surface area (Å²) in [5.74, 6) is 0.209. The van der Waals surface area contributed by atoms with E-state index in [2.05, 4.69) is 252 Å². The van der Waals surface area contributed by atoms with Crippen LogP contribution in [0.4, 0.5) is 22.7 Å². The molecule has 0 radical (unpaired) electrons. The van der Waals surface area contributed by atoms with Gasteiger partial charge in [-0.3, -0.25) is 0 Å². The Hall–Kier alpha value is -7.42. The summed E-state index contributed by atoms with van der Waals surface area (Å²) in [6.45, 7) is 14.4. The van der Waals surface area contributed by atoms with E-state index < -0.39 is 0 Å². The Kier molecular flexibility index (Phi) is 9.25. The third-order valence-corrected chi connectivity index (χ3v) is 16.6. The zero-order valence-electron chi connectivity index (χ0n) is 40.6. The smallest absolute Gasteiger partial charge is 0.0465 e. The van der Waals surface area contributed by atoms with Gasteiger partial charge in [-0.1, -0.05) is 175 Å². The summed E-state index contributed by atoms with van der Waals surface area (Å²) in [7, 11) is 0. The van der Waals surface area contributed by atoms with E-state index in [4.69, 9.17) is 0 Å². The Morgan fingerprint density at radius 3 is 1.54 bits per heavy atom. The zero-order chi connectivity index (χ0) is 46.8. The molecule has 2 heteroatoms. The minimum atomic E-state index is -0.222. The second-order valence-corrected chi connectivity index (χ2v) is 21.5. The minimum Gasteiger partial charge on any atom is -0.311 e. The number of allylic oxidation sites excluding steroid dienone is 6. The van der Waals surface area contributed by atoms with Gasteiger partial charge in [-0.25, -0.2) is 0 Å². The lowest BCUT2D eigenvalue weighted by Gasteiger charge is -2.32. The number of rotatable bonds is 7. The van der Waals surface area contributed by atoms with Crippen LogP contribution in [0.2, 0.25) is 0 Å². The van der Waals surface area contributed by atoms with E-state index in [1.807, 2.05) is 0 Å². The van der Waals surface area contributed by atoms with Crippen LogP contribution in [0.1, 0.15) is 106 Å². The molecule has 69 heavy (non-hydrogen) atoms. The van der Waals surface area contributed by atoms with Gasteiger partial charge < -0.3 is 9.80 Å². The molecule has 5 aliphatic carbocycles. The van der Waals surface area contributed by atoms with Crippen LogP contribution < -0.4 is 9.80 Å². The van der Waals surface area contributed by atoms with Crippen LogP contribution in [-0.2, 0) is 16.2 Å². The van der Waals surface area contributed by atoms with Crippen molar-refractivity contribution in [3.05, 3.63) is 251 Å². The molecule has 8 aromatic rings. The lowest BCUT2D eigenvalue weighted by Crippen LogP contribution is -2.23. The maximum atomic E-state index is 2.51. The quantitative estimate of drug-likeness (QED) is 0.157. The van der Waals surface area contributed by atoms with Gasteiger partial charge >= 0.3 is 0 Å². The average molecular weight is 891 g/mol. The Bertz CT molecular complexity index is 3570. The van der Waals surface area contributed by atoms with E-state index in [0.29, 0.717) is 0 Å². The van der Waals surface area contributed by atoms with E-state index in [-0.39, 0.29) is 22.2 Å². The van der Waals surface area contributed by atoms with Crippen molar-refractivity contribution in [3.8, 4) is 33.4 Å². The summed E-state index contributed by atoms with van der Waals surface area (Å²) in [6, 6.07) is 62.0. The van der Waals surface area contributed by atoms with Gasteiger partial charge in [0, 0.05) is 56.3 Å². The number of hydrogen-bond acceptors (Lipinski definition) is 2. The van der Waals surface area contributed by atoms with Crippen molar-refractivity contribution in [2.24, 2.45) is 0 Å². The highest BCUT2D eigenvalue weighted by molar-refractivity contribution is 5.99. The molecule has 0 saturated heterocycles. The van der Waals surface area contributed by atoms with Crippen molar-refractivity contribution in [2.75, 3.05) is 9.80 Å². The standard InChI is InChI=1S/C67H58N2/c1-65(2)57-27-17-15-25-52(57)54-36-33-48(40-59(54)65)68(45-20-9-7-10-21-45)47-31-29-43(30-32-47)63-51-24-14-13-19-44(51)39-62-64(63)56-38-35-50(42-61(56)67(62,5)6)69(46-22-11-8-12-23-46)49-34-37-55-53-26-16-18-28-58(53)66(3,4)60(55)41-49/h8-9,11-29,31-43H,7,10,30H2,1-6H3. The highest BCUT2D eigenvalue weighted by Gasteiger charge is 2.41. The molecule has 0 amide bonds. The fraction of sp³-hybridized carbons (Fsp3) is 0.194. The minimum absolute atomic E-state index is 0.0717.